The molecule has 2 aliphatic rings. The van der Waals surface area contributed by atoms with Crippen molar-refractivity contribution in [2.45, 2.75) is 12.5 Å². The smallest absolute Gasteiger partial charge is 0.292 e. The van der Waals surface area contributed by atoms with Crippen LogP contribution in [-0.2, 0) is 4.79 Å². The molecule has 4 heterocycles. The van der Waals surface area contributed by atoms with Gasteiger partial charge in [0.1, 0.15) is 28.8 Å². The first-order valence-electron chi connectivity index (χ1n) is 12.2. The van der Waals surface area contributed by atoms with Crippen LogP contribution in [0.3, 0.4) is 0 Å². The number of hydrogen-bond acceptors (Lipinski definition) is 8. The zero-order valence-corrected chi connectivity index (χ0v) is 20.0. The van der Waals surface area contributed by atoms with Crippen molar-refractivity contribution in [2.24, 2.45) is 5.10 Å². The standard InChI is InChI=1S/C27H25N5O5/c33-27(18-29-11-13-30(14-12-29)21-7-2-3-8-22(21)32(34)35)31-23(25-10-5-15-36-25)17-20(28-31)26-16-19-6-1-4-9-24(19)37-26/h1-10,15-16,23H,11-14,17-18H2. The Labute approximate surface area is 212 Å². The van der Waals surface area contributed by atoms with Gasteiger partial charge >= 0.3 is 0 Å². The summed E-state index contributed by atoms with van der Waals surface area (Å²) in [6.45, 7) is 2.59. The van der Waals surface area contributed by atoms with E-state index in [1.165, 1.54) is 11.1 Å². The minimum absolute atomic E-state index is 0.0952. The Hall–Kier alpha value is -4.44. The number of nitrogens with zero attached hydrogens (tertiary/aromatic N) is 5. The number of rotatable bonds is 6. The van der Waals surface area contributed by atoms with Gasteiger partial charge in [-0.15, -0.1) is 0 Å². The maximum Gasteiger partial charge on any atom is 0.292 e. The number of carbonyl (C=O) groups excluding carboxylic acids is 1. The van der Waals surface area contributed by atoms with Gasteiger partial charge in [-0.1, -0.05) is 30.3 Å². The van der Waals surface area contributed by atoms with E-state index in [-0.39, 0.29) is 29.1 Å². The maximum atomic E-state index is 13.5. The predicted octanol–water partition coefficient (Wildman–Crippen LogP) is 4.43. The summed E-state index contributed by atoms with van der Waals surface area (Å²) in [5, 5.41) is 18.6. The molecule has 0 radical (unpaired) electrons. The van der Waals surface area contributed by atoms with Crippen LogP contribution >= 0.6 is 0 Å². The van der Waals surface area contributed by atoms with Gasteiger partial charge in [0.05, 0.1) is 17.7 Å². The molecule has 0 saturated carbocycles. The summed E-state index contributed by atoms with van der Waals surface area (Å²) >= 11 is 0. The van der Waals surface area contributed by atoms with E-state index in [4.69, 9.17) is 8.83 Å². The van der Waals surface area contributed by atoms with E-state index < -0.39 is 0 Å². The number of fused-ring (bicyclic) bond motifs is 1. The molecule has 10 nitrogen and oxygen atoms in total. The number of nitro groups is 1. The van der Waals surface area contributed by atoms with Crippen LogP contribution in [-0.4, -0.2) is 59.2 Å². The quantitative estimate of drug-likeness (QED) is 0.285. The molecule has 1 fully saturated rings. The molecule has 10 heteroatoms. The van der Waals surface area contributed by atoms with E-state index >= 15 is 0 Å². The molecule has 1 atom stereocenters. The van der Waals surface area contributed by atoms with Crippen molar-refractivity contribution in [3.63, 3.8) is 0 Å². The molecule has 2 aliphatic heterocycles. The van der Waals surface area contributed by atoms with E-state index in [9.17, 15) is 14.9 Å². The number of para-hydroxylation sites is 3. The summed E-state index contributed by atoms with van der Waals surface area (Å²) in [7, 11) is 0. The second kappa shape index (κ2) is 9.55. The second-order valence-corrected chi connectivity index (χ2v) is 9.18. The van der Waals surface area contributed by atoms with Crippen LogP contribution in [0.5, 0.6) is 0 Å². The number of carbonyl (C=O) groups is 1. The molecule has 2 aromatic carbocycles. The van der Waals surface area contributed by atoms with E-state index in [2.05, 4.69) is 10.0 Å². The molecule has 1 unspecified atom stereocenters. The van der Waals surface area contributed by atoms with Gasteiger partial charge in [0.25, 0.3) is 11.6 Å². The summed E-state index contributed by atoms with van der Waals surface area (Å²) in [4.78, 5) is 28.6. The third-order valence-corrected chi connectivity index (χ3v) is 6.90. The van der Waals surface area contributed by atoms with E-state index in [1.54, 1.807) is 30.5 Å². The zero-order chi connectivity index (χ0) is 25.4. The van der Waals surface area contributed by atoms with Crippen molar-refractivity contribution < 1.29 is 18.6 Å². The minimum atomic E-state index is -0.356. The van der Waals surface area contributed by atoms with Crippen LogP contribution in [0.15, 0.2) is 86.9 Å². The van der Waals surface area contributed by atoms with Crippen molar-refractivity contribution in [1.82, 2.24) is 9.91 Å². The highest BCUT2D eigenvalue weighted by atomic mass is 16.6. The largest absolute Gasteiger partial charge is 0.467 e. The van der Waals surface area contributed by atoms with Crippen LogP contribution in [0.2, 0.25) is 0 Å². The average Bonchev–Trinajstić information content (AvgIpc) is 3.68. The van der Waals surface area contributed by atoms with E-state index in [0.29, 0.717) is 55.5 Å². The van der Waals surface area contributed by atoms with Crippen LogP contribution in [0, 0.1) is 10.1 Å². The Kier molecular flexibility index (Phi) is 5.93. The number of nitro benzene ring substituents is 1. The number of benzene rings is 2. The van der Waals surface area contributed by atoms with Gasteiger partial charge in [-0.2, -0.15) is 5.10 Å². The first-order chi connectivity index (χ1) is 18.1. The van der Waals surface area contributed by atoms with Gasteiger partial charge in [0, 0.05) is 44.1 Å². The molecule has 188 valence electrons. The number of anilines is 1. The van der Waals surface area contributed by atoms with Crippen LogP contribution in [0.25, 0.3) is 11.0 Å². The van der Waals surface area contributed by atoms with Crippen molar-refractivity contribution in [2.75, 3.05) is 37.6 Å². The summed E-state index contributed by atoms with van der Waals surface area (Å²) in [6.07, 6.45) is 2.09. The van der Waals surface area contributed by atoms with E-state index in [1.807, 2.05) is 41.3 Å². The lowest BCUT2D eigenvalue weighted by Gasteiger charge is -2.36. The SMILES string of the molecule is O=C(CN1CCN(c2ccccc2[N+](=O)[O-])CC1)N1N=C(c2cc3ccccc3o2)CC1c1ccco1. The van der Waals surface area contributed by atoms with Gasteiger partial charge < -0.3 is 13.7 Å². The minimum Gasteiger partial charge on any atom is -0.467 e. The molecule has 4 aromatic rings. The van der Waals surface area contributed by atoms with Crippen LogP contribution in [0.1, 0.15) is 24.0 Å². The van der Waals surface area contributed by atoms with Gasteiger partial charge in [-0.05, 0) is 30.3 Å². The van der Waals surface area contributed by atoms with E-state index in [0.717, 1.165) is 11.0 Å². The van der Waals surface area contributed by atoms with Gasteiger partial charge in [0.2, 0.25) is 0 Å². The molecular formula is C27H25N5O5. The van der Waals surface area contributed by atoms with Crippen molar-refractivity contribution in [3.8, 4) is 0 Å². The lowest BCUT2D eigenvalue weighted by molar-refractivity contribution is -0.384. The average molecular weight is 500 g/mol. The molecule has 6 rings (SSSR count). The lowest BCUT2D eigenvalue weighted by Crippen LogP contribution is -2.49. The Morgan fingerprint density at radius 2 is 1.81 bits per heavy atom. The normalized spacial score (nSPS) is 18.4. The zero-order valence-electron chi connectivity index (χ0n) is 20.0. The summed E-state index contributed by atoms with van der Waals surface area (Å²) in [6, 6.07) is 19.8. The fraction of sp³-hybridized carbons (Fsp3) is 0.259. The summed E-state index contributed by atoms with van der Waals surface area (Å²) < 4.78 is 11.7. The Bertz CT molecular complexity index is 1440. The van der Waals surface area contributed by atoms with Crippen molar-refractivity contribution in [1.29, 1.82) is 0 Å². The van der Waals surface area contributed by atoms with Gasteiger partial charge in [0.15, 0.2) is 5.76 Å². The number of amides is 1. The second-order valence-electron chi connectivity index (χ2n) is 9.18. The monoisotopic (exact) mass is 499 g/mol. The van der Waals surface area contributed by atoms with Gasteiger partial charge in [-0.25, -0.2) is 5.01 Å². The maximum absolute atomic E-state index is 13.5. The Morgan fingerprint density at radius 3 is 2.57 bits per heavy atom. The number of hydrogen-bond donors (Lipinski definition) is 0. The highest BCUT2D eigenvalue weighted by Crippen LogP contribution is 2.35. The highest BCUT2D eigenvalue weighted by Gasteiger charge is 2.37. The van der Waals surface area contributed by atoms with Crippen molar-refractivity contribution >= 4 is 34.0 Å². The molecule has 0 N–H and O–H groups in total. The van der Waals surface area contributed by atoms with Crippen LogP contribution in [0.4, 0.5) is 11.4 Å². The first-order valence-corrected chi connectivity index (χ1v) is 12.2. The number of piperazine rings is 1. The first kappa shape index (κ1) is 23.0. The summed E-state index contributed by atoms with van der Waals surface area (Å²) in [5.74, 6) is 1.18. The topological polar surface area (TPSA) is 109 Å². The van der Waals surface area contributed by atoms with Crippen molar-refractivity contribution in [3.05, 3.63) is 94.6 Å². The molecule has 0 aliphatic carbocycles. The molecular weight excluding hydrogens is 474 g/mol. The third kappa shape index (κ3) is 4.47. The fourth-order valence-corrected chi connectivity index (χ4v) is 5.01. The molecule has 0 bridgehead atoms. The third-order valence-electron chi connectivity index (χ3n) is 6.90. The fourth-order valence-electron chi connectivity index (χ4n) is 5.01. The Morgan fingerprint density at radius 1 is 1.03 bits per heavy atom. The highest BCUT2D eigenvalue weighted by molar-refractivity contribution is 6.03. The Balaban J connectivity index is 1.17. The molecule has 1 amide bonds. The number of hydrazone groups is 1. The predicted molar refractivity (Wildman–Crippen MR) is 137 cm³/mol. The molecule has 1 saturated heterocycles. The van der Waals surface area contributed by atoms with Crippen LogP contribution < -0.4 is 4.90 Å². The number of furan rings is 2. The molecule has 37 heavy (non-hydrogen) atoms. The lowest BCUT2D eigenvalue weighted by atomic mass is 10.1. The summed E-state index contributed by atoms with van der Waals surface area (Å²) in [5.41, 5.74) is 2.18. The molecule has 2 aromatic heterocycles. The molecule has 0 spiro atoms. The van der Waals surface area contributed by atoms with Gasteiger partial charge in [-0.3, -0.25) is 19.8 Å².